The number of anilines is 1. The topological polar surface area (TPSA) is 108 Å². The van der Waals surface area contributed by atoms with Crippen LogP contribution in [-0.4, -0.2) is 44.4 Å². The molecular weight excluding hydrogens is 466 g/mol. The minimum atomic E-state index is -4.05. The fourth-order valence-corrected chi connectivity index (χ4v) is 5.47. The summed E-state index contributed by atoms with van der Waals surface area (Å²) in [7, 11) is -4.05. The van der Waals surface area contributed by atoms with Crippen molar-refractivity contribution in [3.8, 4) is 5.75 Å². The Balaban J connectivity index is 1.54. The maximum Gasteiger partial charge on any atom is 0.264 e. The third-order valence-corrected chi connectivity index (χ3v) is 7.93. The number of hydrogen-bond donors (Lipinski definition) is 2. The number of hydrogen-bond acceptors (Lipinski definition) is 6. The lowest BCUT2D eigenvalue weighted by Gasteiger charge is -2.24. The van der Waals surface area contributed by atoms with Crippen LogP contribution in [0.4, 0.5) is 5.69 Å². The number of hydrazone groups is 1. The third kappa shape index (κ3) is 5.16. The van der Waals surface area contributed by atoms with Gasteiger partial charge in [-0.25, -0.2) is 13.8 Å². The smallest absolute Gasteiger partial charge is 0.264 e. The van der Waals surface area contributed by atoms with E-state index < -0.39 is 33.5 Å². The molecule has 2 aromatic rings. The van der Waals surface area contributed by atoms with Crippen molar-refractivity contribution in [2.45, 2.75) is 37.2 Å². The molecule has 0 bridgehead atoms. The first-order chi connectivity index (χ1) is 16.7. The molecule has 0 spiro atoms. The largest absolute Gasteiger partial charge is 0.494 e. The Morgan fingerprint density at radius 3 is 2.51 bits per heavy atom. The molecule has 1 fully saturated rings. The highest BCUT2D eigenvalue weighted by Crippen LogP contribution is 2.57. The predicted octanol–water partition coefficient (Wildman–Crippen LogP) is 3.33. The van der Waals surface area contributed by atoms with Crippen molar-refractivity contribution in [2.24, 2.45) is 10.5 Å². The summed E-state index contributed by atoms with van der Waals surface area (Å²) in [4.78, 5) is 12.8. The molecule has 4 rings (SSSR count). The summed E-state index contributed by atoms with van der Waals surface area (Å²) in [5.74, 6) is -0.0488. The molecule has 0 aromatic heterocycles. The minimum absolute atomic E-state index is 0.0372. The Morgan fingerprint density at radius 2 is 1.83 bits per heavy atom. The molecule has 0 saturated heterocycles. The van der Waals surface area contributed by atoms with E-state index in [4.69, 9.17) is 4.74 Å². The first kappa shape index (κ1) is 24.7. The molecule has 2 aliphatic carbocycles. The molecule has 0 aliphatic heterocycles. The van der Waals surface area contributed by atoms with Crippen LogP contribution in [0.5, 0.6) is 5.75 Å². The van der Waals surface area contributed by atoms with Gasteiger partial charge >= 0.3 is 0 Å². The highest BCUT2D eigenvalue weighted by molar-refractivity contribution is 7.92. The highest BCUT2D eigenvalue weighted by Gasteiger charge is 2.63. The Hall–Kier alpha value is -3.43. The molecule has 1 saturated carbocycles. The van der Waals surface area contributed by atoms with Crippen molar-refractivity contribution in [2.75, 3.05) is 17.5 Å². The first-order valence-corrected chi connectivity index (χ1v) is 12.9. The van der Waals surface area contributed by atoms with Gasteiger partial charge in [-0.3, -0.25) is 9.10 Å². The number of aliphatic hydroxyl groups is 1. The first-order valence-electron chi connectivity index (χ1n) is 11.4. The molecule has 2 aliphatic rings. The average molecular weight is 496 g/mol. The van der Waals surface area contributed by atoms with Crippen LogP contribution in [0.2, 0.25) is 0 Å². The lowest BCUT2D eigenvalue weighted by atomic mass is 10.0. The monoisotopic (exact) mass is 495 g/mol. The number of rotatable bonds is 9. The van der Waals surface area contributed by atoms with E-state index in [0.29, 0.717) is 24.5 Å². The van der Waals surface area contributed by atoms with E-state index in [1.165, 1.54) is 18.3 Å². The highest BCUT2D eigenvalue weighted by atomic mass is 32.2. The van der Waals surface area contributed by atoms with Gasteiger partial charge in [0.1, 0.15) is 12.3 Å². The van der Waals surface area contributed by atoms with Crippen LogP contribution in [0.25, 0.3) is 0 Å². The van der Waals surface area contributed by atoms with Crippen LogP contribution in [0, 0.1) is 12.3 Å². The normalized spacial score (nSPS) is 22.9. The number of sulfonamides is 1. The maximum absolute atomic E-state index is 13.5. The summed E-state index contributed by atoms with van der Waals surface area (Å²) in [6, 6.07) is 13.0. The Kier molecular flexibility index (Phi) is 6.82. The Bertz CT molecular complexity index is 1270. The van der Waals surface area contributed by atoms with Gasteiger partial charge in [0.25, 0.3) is 15.9 Å². The summed E-state index contributed by atoms with van der Waals surface area (Å²) >= 11 is 0. The molecule has 0 radical (unpaired) electrons. The van der Waals surface area contributed by atoms with Crippen LogP contribution in [0.1, 0.15) is 25.3 Å². The van der Waals surface area contributed by atoms with Crippen LogP contribution < -0.4 is 14.5 Å². The van der Waals surface area contributed by atoms with Gasteiger partial charge in [-0.1, -0.05) is 42.0 Å². The fraction of sp³-hybridized carbons (Fsp3) is 0.308. The fourth-order valence-electron chi connectivity index (χ4n) is 4.05. The molecule has 2 N–H and O–H groups in total. The van der Waals surface area contributed by atoms with E-state index in [1.54, 1.807) is 42.5 Å². The second-order valence-electron chi connectivity index (χ2n) is 8.73. The van der Waals surface area contributed by atoms with Crippen LogP contribution in [0.3, 0.4) is 0 Å². The molecule has 2 aromatic carbocycles. The van der Waals surface area contributed by atoms with Crippen LogP contribution >= 0.6 is 0 Å². The zero-order valence-corrected chi connectivity index (χ0v) is 20.5. The van der Waals surface area contributed by atoms with Gasteiger partial charge in [0, 0.05) is 6.21 Å². The second-order valence-corrected chi connectivity index (χ2v) is 10.6. The summed E-state index contributed by atoms with van der Waals surface area (Å²) in [5, 5.41) is 14.6. The molecule has 2 atom stereocenters. The van der Waals surface area contributed by atoms with Gasteiger partial charge in [0.05, 0.1) is 28.2 Å². The van der Waals surface area contributed by atoms with Crippen molar-refractivity contribution >= 4 is 27.8 Å². The number of benzene rings is 2. The van der Waals surface area contributed by atoms with E-state index in [0.717, 1.165) is 16.3 Å². The Morgan fingerprint density at radius 1 is 1.14 bits per heavy atom. The number of fused-ring (bicyclic) bond motifs is 1. The summed E-state index contributed by atoms with van der Waals surface area (Å²) in [6.45, 7) is 3.74. The number of ether oxygens (including phenoxy) is 1. The predicted molar refractivity (Wildman–Crippen MR) is 135 cm³/mol. The molecule has 2 unspecified atom stereocenters. The number of amides is 1. The quantitative estimate of drug-likeness (QED) is 0.315. The van der Waals surface area contributed by atoms with Crippen LogP contribution in [0.15, 0.2) is 82.8 Å². The zero-order valence-electron chi connectivity index (χ0n) is 19.7. The standard InChI is InChI=1S/C26H29N3O5S/c1-3-34-22-11-13-23(14-12-22)35(32,33)29(21-9-7-20(2)8-10-21)17-24(30)28-27-19-25-15-5-4-6-16-26(25,31)18-25/h5-16,19,31H,3-4,17-18H2,1-2H3,(H,28,30)/b27-19-. The second kappa shape index (κ2) is 9.67. The van der Waals surface area contributed by atoms with Crippen LogP contribution in [-0.2, 0) is 14.8 Å². The SMILES string of the molecule is CCOc1ccc(S(=O)(=O)N(CC(=O)N/N=C\C23C=CCC=CC2(O)C3)c2ccc(C)cc2)cc1. The Labute approximate surface area is 205 Å². The summed E-state index contributed by atoms with van der Waals surface area (Å²) < 4.78 is 33.4. The van der Waals surface area contributed by atoms with E-state index >= 15 is 0 Å². The third-order valence-electron chi connectivity index (χ3n) is 6.14. The van der Waals surface area contributed by atoms with Crippen molar-refractivity contribution in [3.63, 3.8) is 0 Å². The minimum Gasteiger partial charge on any atom is -0.494 e. The molecule has 35 heavy (non-hydrogen) atoms. The van der Waals surface area contributed by atoms with E-state index in [9.17, 15) is 18.3 Å². The molecule has 184 valence electrons. The summed E-state index contributed by atoms with van der Waals surface area (Å²) in [6.07, 6.45) is 10.2. The average Bonchev–Trinajstić information content (AvgIpc) is 3.44. The van der Waals surface area contributed by atoms with Crippen molar-refractivity contribution in [1.82, 2.24) is 5.43 Å². The van der Waals surface area contributed by atoms with Gasteiger partial charge in [0.2, 0.25) is 0 Å². The number of nitrogens with one attached hydrogen (secondary N) is 1. The van der Waals surface area contributed by atoms with Gasteiger partial charge in [0.15, 0.2) is 0 Å². The maximum atomic E-state index is 13.5. The molecule has 1 amide bonds. The number of carbonyl (C=O) groups is 1. The lowest BCUT2D eigenvalue weighted by Crippen LogP contribution is -2.39. The molecule has 9 heteroatoms. The van der Waals surface area contributed by atoms with E-state index in [1.807, 2.05) is 32.1 Å². The molecule has 8 nitrogen and oxygen atoms in total. The number of carbonyl (C=O) groups excluding carboxylic acids is 1. The van der Waals surface area contributed by atoms with Crippen molar-refractivity contribution in [1.29, 1.82) is 0 Å². The number of allylic oxidation sites excluding steroid dienone is 2. The molecular formula is C26H29N3O5S. The number of nitrogens with zero attached hydrogens (tertiary/aromatic N) is 2. The zero-order chi connectivity index (χ0) is 25.1. The lowest BCUT2D eigenvalue weighted by molar-refractivity contribution is -0.119. The summed E-state index contributed by atoms with van der Waals surface area (Å²) in [5.41, 5.74) is 2.08. The van der Waals surface area contributed by atoms with E-state index in [-0.39, 0.29) is 4.90 Å². The molecule has 0 heterocycles. The van der Waals surface area contributed by atoms with Crippen molar-refractivity contribution < 1.29 is 23.1 Å². The van der Waals surface area contributed by atoms with Gasteiger partial charge in [-0.15, -0.1) is 0 Å². The van der Waals surface area contributed by atoms with Gasteiger partial charge in [-0.05, 0) is 63.1 Å². The van der Waals surface area contributed by atoms with Gasteiger partial charge < -0.3 is 9.84 Å². The van der Waals surface area contributed by atoms with E-state index in [2.05, 4.69) is 10.5 Å². The van der Waals surface area contributed by atoms with Crippen molar-refractivity contribution in [3.05, 3.63) is 78.4 Å². The number of aryl methyl sites for hydroxylation is 1. The van der Waals surface area contributed by atoms with Gasteiger partial charge in [-0.2, -0.15) is 5.10 Å².